The van der Waals surface area contributed by atoms with Crippen molar-refractivity contribution < 1.29 is 0 Å². The molecule has 0 bridgehead atoms. The van der Waals surface area contributed by atoms with Crippen LogP contribution in [0.3, 0.4) is 0 Å². The second-order valence-electron chi connectivity index (χ2n) is 4.64. The van der Waals surface area contributed by atoms with Crippen LogP contribution in [0, 0.1) is 5.92 Å². The molecule has 0 aromatic heterocycles. The third kappa shape index (κ3) is 4.20. The summed E-state index contributed by atoms with van der Waals surface area (Å²) in [5.41, 5.74) is 0. The molecule has 14 heavy (non-hydrogen) atoms. The molecule has 1 saturated heterocycles. The van der Waals surface area contributed by atoms with Crippen LogP contribution in [0.4, 0.5) is 0 Å². The summed E-state index contributed by atoms with van der Waals surface area (Å²) in [5.74, 6) is 0.766. The number of hydrogen-bond donors (Lipinski definition) is 1. The second-order valence-corrected chi connectivity index (χ2v) is 6.52. The van der Waals surface area contributed by atoms with Crippen LogP contribution in [-0.4, -0.2) is 48.6 Å². The van der Waals surface area contributed by atoms with Crippen molar-refractivity contribution in [1.82, 2.24) is 10.2 Å². The lowest BCUT2D eigenvalue weighted by Gasteiger charge is -2.36. The highest BCUT2D eigenvalue weighted by atomic mass is 32.2. The topological polar surface area (TPSA) is 15.3 Å². The first-order valence-corrected chi connectivity index (χ1v) is 6.58. The molecule has 84 valence electrons. The summed E-state index contributed by atoms with van der Waals surface area (Å²) in [6.07, 6.45) is 0. The first-order valence-electron chi connectivity index (χ1n) is 5.64. The lowest BCUT2D eigenvalue weighted by atomic mass is 10.1. The number of nitrogens with zero attached hydrogens (tertiary/aromatic N) is 1. The maximum absolute atomic E-state index is 3.25. The van der Waals surface area contributed by atoms with Gasteiger partial charge in [0, 0.05) is 30.1 Å². The zero-order chi connectivity index (χ0) is 10.6. The van der Waals surface area contributed by atoms with E-state index < -0.39 is 0 Å². The summed E-state index contributed by atoms with van der Waals surface area (Å²) in [6, 6.07) is 0. The monoisotopic (exact) mass is 216 g/mol. The van der Waals surface area contributed by atoms with Crippen LogP contribution in [0.15, 0.2) is 0 Å². The average molecular weight is 216 g/mol. The Hall–Kier alpha value is 0.270. The number of hydrogen-bond acceptors (Lipinski definition) is 3. The molecule has 1 rings (SSSR count). The van der Waals surface area contributed by atoms with Crippen LogP contribution in [0.1, 0.15) is 20.8 Å². The van der Waals surface area contributed by atoms with Gasteiger partial charge in [-0.2, -0.15) is 11.8 Å². The molecular weight excluding hydrogens is 192 g/mol. The van der Waals surface area contributed by atoms with E-state index in [0.717, 1.165) is 23.0 Å². The minimum atomic E-state index is 0.766. The van der Waals surface area contributed by atoms with Gasteiger partial charge in [-0.05, 0) is 19.5 Å². The third-order valence-electron chi connectivity index (χ3n) is 2.62. The average Bonchev–Trinajstić information content (AvgIpc) is 2.01. The van der Waals surface area contributed by atoms with Crippen molar-refractivity contribution in [3.63, 3.8) is 0 Å². The SMILES string of the molecule is CNCC(C)CN1CC(C)SC(C)C1. The van der Waals surface area contributed by atoms with Crippen LogP contribution < -0.4 is 5.32 Å². The Morgan fingerprint density at radius 3 is 2.43 bits per heavy atom. The van der Waals surface area contributed by atoms with Gasteiger partial charge < -0.3 is 10.2 Å². The van der Waals surface area contributed by atoms with Gasteiger partial charge in [0.15, 0.2) is 0 Å². The molecule has 1 aliphatic heterocycles. The van der Waals surface area contributed by atoms with Gasteiger partial charge in [0.1, 0.15) is 0 Å². The molecule has 1 aliphatic rings. The Bertz CT molecular complexity index is 153. The normalized spacial score (nSPS) is 31.7. The molecule has 0 radical (unpaired) electrons. The van der Waals surface area contributed by atoms with Gasteiger partial charge in [-0.25, -0.2) is 0 Å². The zero-order valence-corrected chi connectivity index (χ0v) is 10.7. The minimum absolute atomic E-state index is 0.766. The van der Waals surface area contributed by atoms with Crippen molar-refractivity contribution in [3.05, 3.63) is 0 Å². The van der Waals surface area contributed by atoms with E-state index in [-0.39, 0.29) is 0 Å². The predicted molar refractivity (Wildman–Crippen MR) is 66.0 cm³/mol. The molecule has 0 amide bonds. The Morgan fingerprint density at radius 1 is 1.36 bits per heavy atom. The van der Waals surface area contributed by atoms with Crippen molar-refractivity contribution in [2.45, 2.75) is 31.3 Å². The smallest absolute Gasteiger partial charge is 0.0149 e. The summed E-state index contributed by atoms with van der Waals surface area (Å²) in [5, 5.41) is 4.86. The van der Waals surface area contributed by atoms with E-state index in [1.807, 2.05) is 7.05 Å². The van der Waals surface area contributed by atoms with Crippen LogP contribution in [0.25, 0.3) is 0 Å². The highest BCUT2D eigenvalue weighted by Crippen LogP contribution is 2.24. The molecule has 3 unspecified atom stereocenters. The fraction of sp³-hybridized carbons (Fsp3) is 1.00. The van der Waals surface area contributed by atoms with Gasteiger partial charge in [0.2, 0.25) is 0 Å². The minimum Gasteiger partial charge on any atom is -0.319 e. The highest BCUT2D eigenvalue weighted by molar-refractivity contribution is 8.00. The molecule has 1 heterocycles. The van der Waals surface area contributed by atoms with Crippen LogP contribution in [0.2, 0.25) is 0 Å². The summed E-state index contributed by atoms with van der Waals surface area (Å²) in [7, 11) is 2.04. The van der Waals surface area contributed by atoms with Gasteiger partial charge in [-0.1, -0.05) is 20.8 Å². The molecular formula is C11H24N2S. The molecule has 2 nitrogen and oxygen atoms in total. The van der Waals surface area contributed by atoms with Crippen LogP contribution in [-0.2, 0) is 0 Å². The van der Waals surface area contributed by atoms with Gasteiger partial charge in [0.25, 0.3) is 0 Å². The number of nitrogens with one attached hydrogen (secondary N) is 1. The number of rotatable bonds is 4. The molecule has 3 atom stereocenters. The molecule has 0 aromatic rings. The van der Waals surface area contributed by atoms with Crippen molar-refractivity contribution in [1.29, 1.82) is 0 Å². The van der Waals surface area contributed by atoms with Gasteiger partial charge in [-0.15, -0.1) is 0 Å². The van der Waals surface area contributed by atoms with E-state index in [2.05, 4.69) is 42.7 Å². The van der Waals surface area contributed by atoms with Crippen LogP contribution in [0.5, 0.6) is 0 Å². The van der Waals surface area contributed by atoms with Crippen molar-refractivity contribution in [2.24, 2.45) is 5.92 Å². The standard InChI is InChI=1S/C11H24N2S/c1-9(5-12-4)6-13-7-10(2)14-11(3)8-13/h9-12H,5-8H2,1-4H3. The molecule has 0 aliphatic carbocycles. The lowest BCUT2D eigenvalue weighted by Crippen LogP contribution is -2.43. The molecule has 1 N–H and O–H groups in total. The molecule has 0 aromatic carbocycles. The highest BCUT2D eigenvalue weighted by Gasteiger charge is 2.22. The second kappa shape index (κ2) is 5.99. The number of thioether (sulfide) groups is 1. The summed E-state index contributed by atoms with van der Waals surface area (Å²) in [6.45, 7) is 11.9. The predicted octanol–water partition coefficient (Wildman–Crippen LogP) is 1.67. The van der Waals surface area contributed by atoms with Gasteiger partial charge in [-0.3, -0.25) is 0 Å². The zero-order valence-electron chi connectivity index (χ0n) is 9.92. The van der Waals surface area contributed by atoms with E-state index in [0.29, 0.717) is 0 Å². The quantitative estimate of drug-likeness (QED) is 0.769. The maximum Gasteiger partial charge on any atom is 0.0149 e. The van der Waals surface area contributed by atoms with E-state index in [1.165, 1.54) is 19.6 Å². The third-order valence-corrected chi connectivity index (χ3v) is 3.85. The summed E-state index contributed by atoms with van der Waals surface area (Å²) >= 11 is 2.13. The van der Waals surface area contributed by atoms with Crippen LogP contribution >= 0.6 is 11.8 Å². The van der Waals surface area contributed by atoms with Crippen molar-refractivity contribution in [3.8, 4) is 0 Å². The Balaban J connectivity index is 2.29. The fourth-order valence-corrected chi connectivity index (χ4v) is 3.67. The molecule has 0 spiro atoms. The summed E-state index contributed by atoms with van der Waals surface area (Å²) in [4.78, 5) is 2.62. The largest absolute Gasteiger partial charge is 0.319 e. The molecule has 3 heteroatoms. The van der Waals surface area contributed by atoms with Gasteiger partial charge in [0.05, 0.1) is 0 Å². The first-order chi connectivity index (χ1) is 6.61. The maximum atomic E-state index is 3.25. The van der Waals surface area contributed by atoms with Crippen molar-refractivity contribution >= 4 is 11.8 Å². The summed E-state index contributed by atoms with van der Waals surface area (Å²) < 4.78 is 0. The van der Waals surface area contributed by atoms with E-state index in [9.17, 15) is 0 Å². The molecule has 1 fully saturated rings. The lowest BCUT2D eigenvalue weighted by molar-refractivity contribution is 0.234. The fourth-order valence-electron chi connectivity index (χ4n) is 2.29. The van der Waals surface area contributed by atoms with E-state index in [1.54, 1.807) is 0 Å². The van der Waals surface area contributed by atoms with Gasteiger partial charge >= 0.3 is 0 Å². The Labute approximate surface area is 92.8 Å². The Kier molecular flexibility index (Phi) is 5.28. The first kappa shape index (κ1) is 12.3. The van der Waals surface area contributed by atoms with E-state index in [4.69, 9.17) is 0 Å². The molecule has 0 saturated carbocycles. The van der Waals surface area contributed by atoms with E-state index >= 15 is 0 Å². The Morgan fingerprint density at radius 2 is 1.93 bits per heavy atom. The van der Waals surface area contributed by atoms with Crippen molar-refractivity contribution in [2.75, 3.05) is 33.2 Å².